The first-order chi connectivity index (χ1) is 10.5. The van der Waals surface area contributed by atoms with E-state index in [-0.39, 0.29) is 30.1 Å². The van der Waals surface area contributed by atoms with Gasteiger partial charge in [0.05, 0.1) is 0 Å². The molecule has 7 heteroatoms. The lowest BCUT2D eigenvalue weighted by molar-refractivity contribution is -0.122. The number of nitrogens with zero attached hydrogens (tertiary/aromatic N) is 1. The van der Waals surface area contributed by atoms with Crippen molar-refractivity contribution in [2.24, 2.45) is 4.99 Å². The van der Waals surface area contributed by atoms with E-state index in [9.17, 15) is 14.0 Å². The number of halogens is 1. The van der Waals surface area contributed by atoms with E-state index in [0.717, 1.165) is 6.42 Å². The molecule has 22 heavy (non-hydrogen) atoms. The SMILES string of the molecule is CC[C@H](C)N=C1NC(=O)[C@H](CC(=O)Nc2ccc(F)cc2)S1. The van der Waals surface area contributed by atoms with Crippen molar-refractivity contribution in [1.82, 2.24) is 5.32 Å². The summed E-state index contributed by atoms with van der Waals surface area (Å²) in [6.07, 6.45) is 0.934. The quantitative estimate of drug-likeness (QED) is 0.875. The normalized spacial score (nSPS) is 20.8. The number of benzene rings is 1. The van der Waals surface area contributed by atoms with Crippen LogP contribution in [0.2, 0.25) is 0 Å². The van der Waals surface area contributed by atoms with E-state index in [0.29, 0.717) is 10.9 Å². The number of rotatable bonds is 5. The first-order valence-corrected chi connectivity index (χ1v) is 7.96. The first kappa shape index (κ1) is 16.5. The summed E-state index contributed by atoms with van der Waals surface area (Å²) in [6, 6.07) is 5.62. The summed E-state index contributed by atoms with van der Waals surface area (Å²) in [5.41, 5.74) is 0.503. The van der Waals surface area contributed by atoms with Gasteiger partial charge < -0.3 is 10.6 Å². The molecule has 1 fully saturated rings. The summed E-state index contributed by atoms with van der Waals surface area (Å²) in [7, 11) is 0. The molecule has 0 aromatic heterocycles. The second kappa shape index (κ2) is 7.40. The van der Waals surface area contributed by atoms with Crippen LogP contribution in [0.3, 0.4) is 0 Å². The molecule has 1 heterocycles. The molecule has 2 N–H and O–H groups in total. The number of thioether (sulfide) groups is 1. The van der Waals surface area contributed by atoms with Crippen LogP contribution >= 0.6 is 11.8 Å². The van der Waals surface area contributed by atoms with Crippen LogP contribution in [0, 0.1) is 5.82 Å². The highest BCUT2D eigenvalue weighted by Crippen LogP contribution is 2.23. The van der Waals surface area contributed by atoms with Gasteiger partial charge in [-0.3, -0.25) is 14.6 Å². The van der Waals surface area contributed by atoms with Crippen LogP contribution in [0.25, 0.3) is 0 Å². The summed E-state index contributed by atoms with van der Waals surface area (Å²) >= 11 is 1.27. The van der Waals surface area contributed by atoms with Gasteiger partial charge in [-0.2, -0.15) is 0 Å². The Kier molecular flexibility index (Phi) is 5.54. The van der Waals surface area contributed by atoms with Crippen LogP contribution in [-0.4, -0.2) is 28.3 Å². The second-order valence-electron chi connectivity index (χ2n) is 5.05. The van der Waals surface area contributed by atoms with E-state index in [1.807, 2.05) is 13.8 Å². The van der Waals surface area contributed by atoms with Crippen LogP contribution in [0.5, 0.6) is 0 Å². The van der Waals surface area contributed by atoms with Crippen molar-refractivity contribution in [3.63, 3.8) is 0 Å². The molecule has 1 aliphatic rings. The monoisotopic (exact) mass is 323 g/mol. The summed E-state index contributed by atoms with van der Waals surface area (Å²) in [6.45, 7) is 3.98. The van der Waals surface area contributed by atoms with Crippen LogP contribution in [0.4, 0.5) is 10.1 Å². The Morgan fingerprint density at radius 2 is 2.14 bits per heavy atom. The van der Waals surface area contributed by atoms with Gasteiger partial charge in [0.1, 0.15) is 11.1 Å². The Morgan fingerprint density at radius 1 is 1.45 bits per heavy atom. The van der Waals surface area contributed by atoms with Gasteiger partial charge in [-0.25, -0.2) is 4.39 Å². The van der Waals surface area contributed by atoms with Gasteiger partial charge in [0.15, 0.2) is 5.17 Å². The molecule has 0 aliphatic carbocycles. The maximum absolute atomic E-state index is 12.8. The van der Waals surface area contributed by atoms with Crippen LogP contribution in [0.1, 0.15) is 26.7 Å². The molecule has 2 rings (SSSR count). The molecule has 2 amide bonds. The zero-order chi connectivity index (χ0) is 16.1. The van der Waals surface area contributed by atoms with Crippen molar-refractivity contribution < 1.29 is 14.0 Å². The van der Waals surface area contributed by atoms with Crippen LogP contribution < -0.4 is 10.6 Å². The van der Waals surface area contributed by atoms with E-state index >= 15 is 0 Å². The largest absolute Gasteiger partial charge is 0.326 e. The van der Waals surface area contributed by atoms with Crippen molar-refractivity contribution in [3.05, 3.63) is 30.1 Å². The summed E-state index contributed by atoms with van der Waals surface area (Å²) < 4.78 is 12.8. The average molecular weight is 323 g/mol. The molecule has 0 saturated carbocycles. The summed E-state index contributed by atoms with van der Waals surface area (Å²) in [5, 5.41) is 5.42. The molecule has 1 aliphatic heterocycles. The highest BCUT2D eigenvalue weighted by molar-refractivity contribution is 8.15. The topological polar surface area (TPSA) is 70.6 Å². The number of carbonyl (C=O) groups excluding carboxylic acids is 2. The lowest BCUT2D eigenvalue weighted by Crippen LogP contribution is -2.28. The van der Waals surface area contributed by atoms with E-state index in [1.54, 1.807) is 0 Å². The fourth-order valence-electron chi connectivity index (χ4n) is 1.81. The van der Waals surface area contributed by atoms with E-state index in [2.05, 4.69) is 15.6 Å². The van der Waals surface area contributed by atoms with Crippen molar-refractivity contribution >= 4 is 34.4 Å². The minimum absolute atomic E-state index is 0.0490. The molecule has 118 valence electrons. The highest BCUT2D eigenvalue weighted by atomic mass is 32.2. The minimum atomic E-state index is -0.483. The van der Waals surface area contributed by atoms with Gasteiger partial charge in [0, 0.05) is 18.2 Å². The molecule has 0 bridgehead atoms. The zero-order valence-electron chi connectivity index (χ0n) is 12.4. The number of amidine groups is 1. The molecule has 5 nitrogen and oxygen atoms in total. The van der Waals surface area contributed by atoms with Crippen LogP contribution in [0.15, 0.2) is 29.3 Å². The number of aliphatic imine (C=N–C) groups is 1. The zero-order valence-corrected chi connectivity index (χ0v) is 13.2. The number of carbonyl (C=O) groups is 2. The molecule has 1 aromatic carbocycles. The van der Waals surface area contributed by atoms with Crippen molar-refractivity contribution in [2.45, 2.75) is 38.0 Å². The molecule has 0 unspecified atom stereocenters. The average Bonchev–Trinajstić information content (AvgIpc) is 2.81. The number of hydrogen-bond acceptors (Lipinski definition) is 4. The third-order valence-electron chi connectivity index (χ3n) is 3.20. The maximum Gasteiger partial charge on any atom is 0.240 e. The van der Waals surface area contributed by atoms with Gasteiger partial charge in [0.2, 0.25) is 11.8 Å². The van der Waals surface area contributed by atoms with Crippen molar-refractivity contribution in [1.29, 1.82) is 0 Å². The second-order valence-corrected chi connectivity index (χ2v) is 6.24. The third kappa shape index (κ3) is 4.56. The Labute approximate surface area is 132 Å². The Bertz CT molecular complexity index is 589. The number of amides is 2. The van der Waals surface area contributed by atoms with E-state index < -0.39 is 5.25 Å². The van der Waals surface area contributed by atoms with Gasteiger partial charge in [-0.1, -0.05) is 18.7 Å². The van der Waals surface area contributed by atoms with E-state index in [4.69, 9.17) is 0 Å². The van der Waals surface area contributed by atoms with E-state index in [1.165, 1.54) is 36.0 Å². The molecule has 0 spiro atoms. The number of nitrogens with one attached hydrogen (secondary N) is 2. The van der Waals surface area contributed by atoms with Gasteiger partial charge in [0.25, 0.3) is 0 Å². The lowest BCUT2D eigenvalue weighted by Gasteiger charge is -2.07. The maximum atomic E-state index is 12.8. The predicted molar refractivity (Wildman–Crippen MR) is 86.4 cm³/mol. The summed E-state index contributed by atoms with van der Waals surface area (Å²) in [5.74, 6) is -0.861. The number of anilines is 1. The van der Waals surface area contributed by atoms with Crippen molar-refractivity contribution in [2.75, 3.05) is 5.32 Å². The lowest BCUT2D eigenvalue weighted by atomic mass is 10.2. The van der Waals surface area contributed by atoms with Gasteiger partial charge >= 0.3 is 0 Å². The fourth-order valence-corrected chi connectivity index (χ4v) is 2.88. The Hall–Kier alpha value is -1.89. The molecular formula is C15H18FN3O2S. The molecule has 2 atom stereocenters. The molecule has 1 saturated heterocycles. The highest BCUT2D eigenvalue weighted by Gasteiger charge is 2.32. The number of hydrogen-bond donors (Lipinski definition) is 2. The standard InChI is InChI=1S/C15H18FN3O2S/c1-3-9(2)17-15-19-14(21)12(22-15)8-13(20)18-11-6-4-10(16)5-7-11/h4-7,9,12H,3,8H2,1-2H3,(H,18,20)(H,17,19,21)/t9-,12-/m0/s1. The first-order valence-electron chi connectivity index (χ1n) is 7.08. The fraction of sp³-hybridized carbons (Fsp3) is 0.400. The Balaban J connectivity index is 1.90. The smallest absolute Gasteiger partial charge is 0.240 e. The van der Waals surface area contributed by atoms with Gasteiger partial charge in [-0.05, 0) is 37.6 Å². The molecule has 1 aromatic rings. The molecule has 0 radical (unpaired) electrons. The molecular weight excluding hydrogens is 305 g/mol. The summed E-state index contributed by atoms with van der Waals surface area (Å²) in [4.78, 5) is 28.2. The Morgan fingerprint density at radius 3 is 2.77 bits per heavy atom. The van der Waals surface area contributed by atoms with Crippen LogP contribution in [-0.2, 0) is 9.59 Å². The van der Waals surface area contributed by atoms with Crippen molar-refractivity contribution in [3.8, 4) is 0 Å². The minimum Gasteiger partial charge on any atom is -0.326 e. The third-order valence-corrected chi connectivity index (χ3v) is 4.30. The van der Waals surface area contributed by atoms with Gasteiger partial charge in [-0.15, -0.1) is 0 Å². The predicted octanol–water partition coefficient (Wildman–Crippen LogP) is 2.54.